The lowest BCUT2D eigenvalue weighted by molar-refractivity contribution is -0.119. The van der Waals surface area contributed by atoms with E-state index in [9.17, 15) is 9.90 Å². The van der Waals surface area contributed by atoms with Gasteiger partial charge >= 0.3 is 0 Å². The highest BCUT2D eigenvalue weighted by atomic mass is 16.5. The molecule has 0 aliphatic heterocycles. The van der Waals surface area contributed by atoms with Crippen LogP contribution in [0.15, 0.2) is 72.3 Å². The van der Waals surface area contributed by atoms with Crippen molar-refractivity contribution in [3.05, 3.63) is 77.9 Å². The number of aliphatic hydroxyl groups is 1. The van der Waals surface area contributed by atoms with E-state index in [1.807, 2.05) is 67.6 Å². The van der Waals surface area contributed by atoms with Gasteiger partial charge in [0.1, 0.15) is 5.76 Å². The Bertz CT molecular complexity index is 818. The van der Waals surface area contributed by atoms with Crippen LogP contribution in [-0.4, -0.2) is 23.6 Å². The van der Waals surface area contributed by atoms with E-state index in [1.54, 1.807) is 13.2 Å². The third kappa shape index (κ3) is 3.03. The van der Waals surface area contributed by atoms with Crippen LogP contribution in [0.25, 0.3) is 16.9 Å². The Morgan fingerprint density at radius 3 is 2.42 bits per heavy atom. The molecule has 3 rings (SSSR count). The van der Waals surface area contributed by atoms with Crippen LogP contribution in [0.1, 0.15) is 18.9 Å². The zero-order valence-corrected chi connectivity index (χ0v) is 13.8. The third-order valence-electron chi connectivity index (χ3n) is 4.40. The van der Waals surface area contributed by atoms with Crippen molar-refractivity contribution in [1.29, 1.82) is 0 Å². The van der Waals surface area contributed by atoms with Gasteiger partial charge in [0.15, 0.2) is 5.78 Å². The molecule has 2 aromatic rings. The van der Waals surface area contributed by atoms with Gasteiger partial charge in [0.05, 0.1) is 11.2 Å². The predicted octanol–water partition coefficient (Wildman–Crippen LogP) is 4.56. The first-order chi connectivity index (χ1) is 11.5. The van der Waals surface area contributed by atoms with Crippen LogP contribution in [0.3, 0.4) is 0 Å². The van der Waals surface area contributed by atoms with Crippen molar-refractivity contribution in [1.82, 2.24) is 0 Å². The van der Waals surface area contributed by atoms with Gasteiger partial charge in [-0.25, -0.2) is 0 Å². The molecule has 1 aliphatic rings. The first kappa shape index (κ1) is 16.2. The Morgan fingerprint density at radius 1 is 1.08 bits per heavy atom. The minimum Gasteiger partial charge on any atom is -0.507 e. The summed E-state index contributed by atoms with van der Waals surface area (Å²) in [4.78, 5) is 12.5. The molecule has 1 aliphatic carbocycles. The molecule has 0 radical (unpaired) electrons. The fraction of sp³-hybridized carbons (Fsp3) is 0.190. The number of aliphatic hydroxyl groups excluding tert-OH is 1. The second-order valence-corrected chi connectivity index (χ2v) is 6.12. The normalized spacial score (nSPS) is 22.5. The van der Waals surface area contributed by atoms with Crippen molar-refractivity contribution in [3.8, 4) is 11.1 Å². The molecule has 0 heterocycles. The van der Waals surface area contributed by atoms with Crippen molar-refractivity contribution in [2.45, 2.75) is 18.9 Å². The molecule has 1 N–H and O–H groups in total. The van der Waals surface area contributed by atoms with Crippen LogP contribution in [-0.2, 0) is 9.53 Å². The van der Waals surface area contributed by atoms with E-state index < -0.39 is 5.60 Å². The number of ketones is 1. The first-order valence-electron chi connectivity index (χ1n) is 7.90. The summed E-state index contributed by atoms with van der Waals surface area (Å²) in [7, 11) is 1.58. The lowest BCUT2D eigenvalue weighted by atomic mass is 9.86. The van der Waals surface area contributed by atoms with Crippen molar-refractivity contribution < 1.29 is 14.6 Å². The fourth-order valence-electron chi connectivity index (χ4n) is 2.88. The number of carbonyl (C=O) groups excluding carboxylic acids is 1. The van der Waals surface area contributed by atoms with E-state index in [4.69, 9.17) is 4.74 Å². The number of rotatable bonds is 3. The molecule has 0 saturated carbocycles. The summed E-state index contributed by atoms with van der Waals surface area (Å²) in [5.41, 5.74) is 2.25. The largest absolute Gasteiger partial charge is 0.507 e. The maximum Gasteiger partial charge on any atom is 0.169 e. The highest BCUT2D eigenvalue weighted by Gasteiger charge is 2.31. The number of hydrogen-bond donors (Lipinski definition) is 1. The lowest BCUT2D eigenvalue weighted by Gasteiger charge is -2.27. The Morgan fingerprint density at radius 2 is 1.75 bits per heavy atom. The van der Waals surface area contributed by atoms with E-state index in [0.717, 1.165) is 11.1 Å². The fourth-order valence-corrected chi connectivity index (χ4v) is 2.88. The van der Waals surface area contributed by atoms with Gasteiger partial charge in [0.2, 0.25) is 0 Å². The molecule has 1 atom stereocenters. The summed E-state index contributed by atoms with van der Waals surface area (Å²) in [6.07, 6.45) is 3.70. The van der Waals surface area contributed by atoms with Crippen LogP contribution in [0.2, 0.25) is 0 Å². The maximum atomic E-state index is 12.5. The van der Waals surface area contributed by atoms with Crippen LogP contribution in [0.4, 0.5) is 0 Å². The monoisotopic (exact) mass is 320 g/mol. The molecular weight excluding hydrogens is 300 g/mol. The molecule has 2 aromatic carbocycles. The Balaban J connectivity index is 2.10. The van der Waals surface area contributed by atoms with E-state index in [1.165, 1.54) is 0 Å². The highest BCUT2D eigenvalue weighted by molar-refractivity contribution is 6.06. The van der Waals surface area contributed by atoms with Crippen molar-refractivity contribution >= 4 is 11.5 Å². The average Bonchev–Trinajstić information content (AvgIpc) is 2.62. The second-order valence-electron chi connectivity index (χ2n) is 6.12. The summed E-state index contributed by atoms with van der Waals surface area (Å²) in [6.45, 7) is 1.85. The topological polar surface area (TPSA) is 46.5 Å². The zero-order chi connectivity index (χ0) is 17.2. The molecule has 0 saturated heterocycles. The molecule has 122 valence electrons. The van der Waals surface area contributed by atoms with Crippen LogP contribution < -0.4 is 0 Å². The van der Waals surface area contributed by atoms with Gasteiger partial charge < -0.3 is 9.84 Å². The SMILES string of the molecule is COC1(C)C=CC(=C(O)c2ccccc2-c2ccccc2)C(=O)C1. The summed E-state index contributed by atoms with van der Waals surface area (Å²) >= 11 is 0. The number of ether oxygens (including phenoxy) is 1. The molecule has 24 heavy (non-hydrogen) atoms. The van der Waals surface area contributed by atoms with E-state index in [2.05, 4.69) is 0 Å². The first-order valence-corrected chi connectivity index (χ1v) is 7.90. The van der Waals surface area contributed by atoms with Crippen molar-refractivity contribution in [2.24, 2.45) is 0 Å². The molecule has 0 bridgehead atoms. The minimum atomic E-state index is -0.611. The molecule has 3 nitrogen and oxygen atoms in total. The lowest BCUT2D eigenvalue weighted by Crippen LogP contribution is -2.31. The smallest absolute Gasteiger partial charge is 0.169 e. The number of carbonyl (C=O) groups is 1. The maximum absolute atomic E-state index is 12.5. The number of allylic oxidation sites excluding steroid dienone is 2. The Labute approximate surface area is 141 Å². The summed E-state index contributed by atoms with van der Waals surface area (Å²) < 4.78 is 5.36. The average molecular weight is 320 g/mol. The van der Waals surface area contributed by atoms with E-state index in [-0.39, 0.29) is 18.0 Å². The van der Waals surface area contributed by atoms with Gasteiger partial charge in [-0.1, -0.05) is 60.7 Å². The van der Waals surface area contributed by atoms with Gasteiger partial charge in [-0.3, -0.25) is 4.79 Å². The molecule has 0 fully saturated rings. The van der Waals surface area contributed by atoms with Gasteiger partial charge in [-0.15, -0.1) is 0 Å². The molecule has 3 heteroatoms. The zero-order valence-electron chi connectivity index (χ0n) is 13.8. The number of Topliss-reactive ketones (excluding diaryl/α,β-unsaturated/α-hetero) is 1. The van der Waals surface area contributed by atoms with Gasteiger partial charge in [-0.05, 0) is 24.1 Å². The molecule has 0 spiro atoms. The summed E-state index contributed by atoms with van der Waals surface area (Å²) in [6, 6.07) is 17.4. The molecule has 0 aromatic heterocycles. The second kappa shape index (κ2) is 6.46. The van der Waals surface area contributed by atoms with Gasteiger partial charge in [0, 0.05) is 19.1 Å². The van der Waals surface area contributed by atoms with E-state index >= 15 is 0 Å². The minimum absolute atomic E-state index is 0.00820. The summed E-state index contributed by atoms with van der Waals surface area (Å²) in [5, 5.41) is 10.8. The number of benzene rings is 2. The quantitative estimate of drug-likeness (QED) is 0.666. The molecule has 0 amide bonds. The standard InChI is InChI=1S/C21H20O3/c1-21(24-2)13-12-18(19(22)14-21)20(23)17-11-7-6-10-16(17)15-8-4-3-5-9-15/h3-13,23H,14H2,1-2H3. The molecule has 1 unspecified atom stereocenters. The summed E-state index contributed by atoms with van der Waals surface area (Å²) in [5.74, 6) is -0.115. The van der Waals surface area contributed by atoms with Crippen LogP contribution >= 0.6 is 0 Å². The number of methoxy groups -OCH3 is 1. The van der Waals surface area contributed by atoms with Gasteiger partial charge in [-0.2, -0.15) is 0 Å². The predicted molar refractivity (Wildman–Crippen MR) is 95.6 cm³/mol. The van der Waals surface area contributed by atoms with Gasteiger partial charge in [0.25, 0.3) is 0 Å². The highest BCUT2D eigenvalue weighted by Crippen LogP contribution is 2.33. The van der Waals surface area contributed by atoms with Crippen LogP contribution in [0, 0.1) is 0 Å². The number of hydrogen-bond acceptors (Lipinski definition) is 3. The molecular formula is C21H20O3. The Kier molecular flexibility index (Phi) is 4.36. The van der Waals surface area contributed by atoms with Crippen molar-refractivity contribution in [2.75, 3.05) is 7.11 Å². The Hall–Kier alpha value is -2.65. The third-order valence-corrected chi connectivity index (χ3v) is 4.40. The van der Waals surface area contributed by atoms with Crippen LogP contribution in [0.5, 0.6) is 0 Å². The van der Waals surface area contributed by atoms with E-state index in [0.29, 0.717) is 11.1 Å². The van der Waals surface area contributed by atoms with Crippen molar-refractivity contribution in [3.63, 3.8) is 0 Å².